The van der Waals surface area contributed by atoms with Crippen molar-refractivity contribution >= 4 is 50.4 Å². The van der Waals surface area contributed by atoms with Crippen LogP contribution in [-0.4, -0.2) is 19.3 Å². The van der Waals surface area contributed by atoms with E-state index in [9.17, 15) is 18.3 Å². The van der Waals surface area contributed by atoms with Crippen LogP contribution in [0.2, 0.25) is 10.0 Å². The van der Waals surface area contributed by atoms with Crippen molar-refractivity contribution in [2.24, 2.45) is 5.92 Å². The average molecular weight is 519 g/mol. The van der Waals surface area contributed by atoms with Crippen molar-refractivity contribution in [3.05, 3.63) is 87.4 Å². The smallest absolute Gasteiger partial charge is 0.261 e. The van der Waals surface area contributed by atoms with Crippen molar-refractivity contribution in [1.82, 2.24) is 0 Å². The summed E-state index contributed by atoms with van der Waals surface area (Å²) < 4.78 is 28.3. The van der Waals surface area contributed by atoms with Gasteiger partial charge in [-0.25, -0.2) is 8.42 Å². The monoisotopic (exact) mass is 518 g/mol. The first-order valence-corrected chi connectivity index (χ1v) is 13.0. The summed E-state index contributed by atoms with van der Waals surface area (Å²) in [7, 11) is -3.91. The number of Topliss-reactive ketones (excluding diaryl/α,β-unsaturated/α-hetero) is 1. The highest BCUT2D eigenvalue weighted by Gasteiger charge is 2.28. The Morgan fingerprint density at radius 3 is 2.38 bits per heavy atom. The lowest BCUT2D eigenvalue weighted by Gasteiger charge is -2.31. The number of aliphatic hydroxyl groups is 1. The fraction of sp³-hybridized carbons (Fsp3) is 0.240. The Hall–Kier alpha value is -2.58. The van der Waals surface area contributed by atoms with Crippen molar-refractivity contribution in [3.8, 4) is 0 Å². The SMILES string of the molecule is CC(C)C(=O)c1ccc(C2CC(O)c3cc(S(=O)(=O)Nc4ccc(Cl)c(Cl)c4)ccc3N2)cc1. The van der Waals surface area contributed by atoms with Crippen LogP contribution >= 0.6 is 23.2 Å². The summed E-state index contributed by atoms with van der Waals surface area (Å²) in [6.07, 6.45) is -0.507. The van der Waals surface area contributed by atoms with Gasteiger partial charge in [0.15, 0.2) is 5.78 Å². The molecule has 4 rings (SSSR count). The number of aliphatic hydroxyl groups excluding tert-OH is 1. The highest BCUT2D eigenvalue weighted by molar-refractivity contribution is 7.92. The van der Waals surface area contributed by atoms with E-state index in [2.05, 4.69) is 10.0 Å². The Bertz CT molecular complexity index is 1340. The number of hydrogen-bond acceptors (Lipinski definition) is 5. The van der Waals surface area contributed by atoms with Crippen LogP contribution < -0.4 is 10.0 Å². The second-order valence-corrected chi connectivity index (χ2v) is 11.1. The summed E-state index contributed by atoms with van der Waals surface area (Å²) in [4.78, 5) is 12.2. The van der Waals surface area contributed by atoms with Crippen molar-refractivity contribution in [3.63, 3.8) is 0 Å². The van der Waals surface area contributed by atoms with Crippen molar-refractivity contribution in [1.29, 1.82) is 0 Å². The first-order valence-electron chi connectivity index (χ1n) is 10.8. The molecule has 0 aliphatic carbocycles. The number of fused-ring (bicyclic) bond motifs is 1. The van der Waals surface area contributed by atoms with E-state index in [1.165, 1.54) is 30.3 Å². The van der Waals surface area contributed by atoms with E-state index in [-0.39, 0.29) is 33.3 Å². The number of carbonyl (C=O) groups excluding carboxylic acids is 1. The largest absolute Gasteiger partial charge is 0.388 e. The molecule has 0 fully saturated rings. The number of carbonyl (C=O) groups is 1. The predicted octanol–water partition coefficient (Wildman–Crippen LogP) is 6.22. The number of anilines is 2. The third-order valence-corrected chi connectivity index (χ3v) is 7.89. The molecule has 1 aliphatic heterocycles. The zero-order valence-corrected chi connectivity index (χ0v) is 20.9. The normalized spacial score (nSPS) is 17.7. The van der Waals surface area contributed by atoms with Crippen LogP contribution in [0.15, 0.2) is 65.6 Å². The molecule has 178 valence electrons. The molecule has 0 radical (unpaired) electrons. The zero-order valence-electron chi connectivity index (χ0n) is 18.5. The number of ketones is 1. The van der Waals surface area contributed by atoms with Gasteiger partial charge in [-0.05, 0) is 42.0 Å². The van der Waals surface area contributed by atoms with Gasteiger partial charge in [-0.15, -0.1) is 0 Å². The molecule has 0 aromatic heterocycles. The molecule has 3 N–H and O–H groups in total. The number of sulfonamides is 1. The quantitative estimate of drug-likeness (QED) is 0.336. The first kappa shape index (κ1) is 24.5. The van der Waals surface area contributed by atoms with E-state index in [4.69, 9.17) is 23.2 Å². The number of benzene rings is 3. The topological polar surface area (TPSA) is 95.5 Å². The molecule has 0 saturated heterocycles. The highest BCUT2D eigenvalue weighted by atomic mass is 35.5. The third-order valence-electron chi connectivity index (χ3n) is 5.77. The second-order valence-electron chi connectivity index (χ2n) is 8.57. The number of rotatable bonds is 6. The molecule has 2 atom stereocenters. The third kappa shape index (κ3) is 5.08. The number of hydrogen-bond donors (Lipinski definition) is 3. The standard InChI is InChI=1S/C25H24Cl2N2O4S/c1-14(2)25(31)16-5-3-15(4-6-16)23-13-24(30)19-12-18(8-10-22(19)28-23)34(32,33)29-17-7-9-20(26)21(27)11-17/h3-12,14,23-24,28-30H,13H2,1-2H3. The molecule has 1 heterocycles. The summed E-state index contributed by atoms with van der Waals surface area (Å²) >= 11 is 11.9. The van der Waals surface area contributed by atoms with Crippen LogP contribution in [0, 0.1) is 5.92 Å². The fourth-order valence-corrected chi connectivity index (χ4v) is 5.30. The molecule has 34 heavy (non-hydrogen) atoms. The molecule has 6 nitrogen and oxygen atoms in total. The van der Waals surface area contributed by atoms with E-state index >= 15 is 0 Å². The van der Waals surface area contributed by atoms with E-state index in [0.29, 0.717) is 28.3 Å². The van der Waals surface area contributed by atoms with Crippen LogP contribution in [0.5, 0.6) is 0 Å². The molecule has 9 heteroatoms. The molecule has 3 aromatic rings. The fourth-order valence-electron chi connectivity index (χ4n) is 3.92. The average Bonchev–Trinajstić information content (AvgIpc) is 2.80. The number of halogens is 2. The van der Waals surface area contributed by atoms with E-state index in [1.54, 1.807) is 18.2 Å². The van der Waals surface area contributed by atoms with Gasteiger partial charge in [0.25, 0.3) is 10.0 Å². The molecule has 0 amide bonds. The van der Waals surface area contributed by atoms with Crippen molar-refractivity contribution in [2.45, 2.75) is 37.3 Å². The summed E-state index contributed by atoms with van der Waals surface area (Å²) in [5.41, 5.74) is 3.02. The molecule has 0 saturated carbocycles. The van der Waals surface area contributed by atoms with Crippen LogP contribution in [-0.2, 0) is 10.0 Å². The van der Waals surface area contributed by atoms with Gasteiger partial charge in [0.05, 0.1) is 32.8 Å². The maximum absolute atomic E-state index is 12.9. The lowest BCUT2D eigenvalue weighted by atomic mass is 9.90. The Labute approximate surface area is 209 Å². The Morgan fingerprint density at radius 2 is 1.74 bits per heavy atom. The summed E-state index contributed by atoms with van der Waals surface area (Å²) in [5.74, 6) is 0.000695. The Balaban J connectivity index is 1.55. The second kappa shape index (κ2) is 9.58. The highest BCUT2D eigenvalue weighted by Crippen LogP contribution is 2.40. The lowest BCUT2D eigenvalue weighted by molar-refractivity contribution is 0.0939. The van der Waals surface area contributed by atoms with Gasteiger partial charge in [0.2, 0.25) is 0 Å². The molecular formula is C25H24Cl2N2O4S. The summed E-state index contributed by atoms with van der Waals surface area (Å²) in [5, 5.41) is 14.7. The minimum atomic E-state index is -3.91. The van der Waals surface area contributed by atoms with Gasteiger partial charge in [-0.1, -0.05) is 61.3 Å². The summed E-state index contributed by atoms with van der Waals surface area (Å²) in [6, 6.07) is 16.2. The van der Waals surface area contributed by atoms with Gasteiger partial charge in [0.1, 0.15) is 0 Å². The molecule has 3 aromatic carbocycles. The maximum atomic E-state index is 12.9. The molecule has 0 bridgehead atoms. The van der Waals surface area contributed by atoms with E-state index in [1.807, 2.05) is 26.0 Å². The van der Waals surface area contributed by atoms with Gasteiger partial charge in [-0.2, -0.15) is 0 Å². The van der Waals surface area contributed by atoms with Crippen LogP contribution in [0.3, 0.4) is 0 Å². The van der Waals surface area contributed by atoms with Gasteiger partial charge in [-0.3, -0.25) is 9.52 Å². The van der Waals surface area contributed by atoms with Crippen LogP contribution in [0.1, 0.15) is 53.9 Å². The maximum Gasteiger partial charge on any atom is 0.261 e. The molecule has 0 spiro atoms. The predicted molar refractivity (Wildman–Crippen MR) is 135 cm³/mol. The van der Waals surface area contributed by atoms with Gasteiger partial charge < -0.3 is 10.4 Å². The van der Waals surface area contributed by atoms with Crippen LogP contribution in [0.25, 0.3) is 0 Å². The van der Waals surface area contributed by atoms with E-state index in [0.717, 1.165) is 5.56 Å². The zero-order chi connectivity index (χ0) is 24.6. The van der Waals surface area contributed by atoms with Gasteiger partial charge >= 0.3 is 0 Å². The molecule has 2 unspecified atom stereocenters. The molecule has 1 aliphatic rings. The first-order chi connectivity index (χ1) is 16.0. The summed E-state index contributed by atoms with van der Waals surface area (Å²) in [6.45, 7) is 3.72. The van der Waals surface area contributed by atoms with Crippen molar-refractivity contribution < 1.29 is 18.3 Å². The Morgan fingerprint density at radius 1 is 1.03 bits per heavy atom. The lowest BCUT2D eigenvalue weighted by Crippen LogP contribution is -2.22. The molecular weight excluding hydrogens is 495 g/mol. The van der Waals surface area contributed by atoms with Gasteiger partial charge in [0, 0.05) is 29.2 Å². The minimum Gasteiger partial charge on any atom is -0.388 e. The van der Waals surface area contributed by atoms with Crippen molar-refractivity contribution in [2.75, 3.05) is 10.0 Å². The number of nitrogens with one attached hydrogen (secondary N) is 2. The van der Waals surface area contributed by atoms with Crippen LogP contribution in [0.4, 0.5) is 11.4 Å². The minimum absolute atomic E-state index is 0.0215. The Kier molecular flexibility index (Phi) is 6.92. The van der Waals surface area contributed by atoms with E-state index < -0.39 is 16.1 Å².